The lowest BCUT2D eigenvalue weighted by Gasteiger charge is -2.37. The van der Waals surface area contributed by atoms with E-state index in [1.807, 2.05) is 26.0 Å². The van der Waals surface area contributed by atoms with Crippen LogP contribution < -0.4 is 10.2 Å². The molecular weight excluding hydrogens is 404 g/mol. The van der Waals surface area contributed by atoms with Gasteiger partial charge in [-0.3, -0.25) is 15.0 Å². The van der Waals surface area contributed by atoms with Crippen LogP contribution in [-0.2, 0) is 16.8 Å². The Balaban J connectivity index is 1.81. The van der Waals surface area contributed by atoms with E-state index in [-0.39, 0.29) is 17.6 Å². The van der Waals surface area contributed by atoms with Gasteiger partial charge in [0.25, 0.3) is 0 Å². The monoisotopic (exact) mass is 418 g/mol. The number of carbonyl (C=O) groups is 1. The van der Waals surface area contributed by atoms with Crippen LogP contribution in [0.3, 0.4) is 0 Å². The van der Waals surface area contributed by atoms with Gasteiger partial charge in [-0.15, -0.1) is 0 Å². The summed E-state index contributed by atoms with van der Waals surface area (Å²) in [6.07, 6.45) is 0.364. The van der Waals surface area contributed by atoms with E-state index in [9.17, 15) is 14.9 Å². The minimum atomic E-state index is -0.781. The first-order valence-corrected chi connectivity index (χ1v) is 8.81. The van der Waals surface area contributed by atoms with Gasteiger partial charge in [0.1, 0.15) is 10.2 Å². The number of nitrogens with one attached hydrogen (secondary N) is 1. The number of hydrogen-bond acceptors (Lipinski definition) is 6. The van der Waals surface area contributed by atoms with E-state index in [4.69, 9.17) is 4.74 Å². The SMILES string of the molecule is CC1(C)OC(=O)N2CCc3cc(Nc4nc(Br)ccc4[N+](=O)[O-])cc1c32. The molecule has 0 unspecified atom stereocenters. The van der Waals surface area contributed by atoms with Crippen LogP contribution in [0.2, 0.25) is 0 Å². The molecule has 4 rings (SSSR count). The van der Waals surface area contributed by atoms with E-state index < -0.39 is 10.5 Å². The average molecular weight is 419 g/mol. The molecular formula is C17H15BrN4O4. The van der Waals surface area contributed by atoms with Crippen LogP contribution in [0.5, 0.6) is 0 Å². The van der Waals surface area contributed by atoms with Crippen molar-refractivity contribution in [1.29, 1.82) is 0 Å². The van der Waals surface area contributed by atoms with Crippen molar-refractivity contribution in [3.05, 3.63) is 50.1 Å². The zero-order valence-electron chi connectivity index (χ0n) is 14.1. The smallest absolute Gasteiger partial charge is 0.415 e. The molecule has 134 valence electrons. The summed E-state index contributed by atoms with van der Waals surface area (Å²) in [5.41, 5.74) is 2.53. The average Bonchev–Trinajstić information content (AvgIpc) is 2.96. The number of halogens is 1. The fraction of sp³-hybridized carbons (Fsp3) is 0.294. The molecule has 2 aliphatic heterocycles. The van der Waals surface area contributed by atoms with Crippen LogP contribution in [-0.4, -0.2) is 22.5 Å². The Bertz CT molecular complexity index is 960. The molecule has 0 saturated carbocycles. The van der Waals surface area contributed by atoms with Crippen molar-refractivity contribution in [2.75, 3.05) is 16.8 Å². The fourth-order valence-corrected chi connectivity index (χ4v) is 3.70. The van der Waals surface area contributed by atoms with Gasteiger partial charge in [0.15, 0.2) is 0 Å². The molecule has 0 atom stereocenters. The zero-order chi connectivity index (χ0) is 18.6. The molecule has 9 heteroatoms. The second kappa shape index (κ2) is 5.66. The van der Waals surface area contributed by atoms with E-state index in [2.05, 4.69) is 26.2 Å². The summed E-state index contributed by atoms with van der Waals surface area (Å²) in [7, 11) is 0. The first-order chi connectivity index (χ1) is 12.3. The number of pyridine rings is 1. The molecule has 2 aromatic rings. The first-order valence-electron chi connectivity index (χ1n) is 8.02. The van der Waals surface area contributed by atoms with E-state index in [1.54, 1.807) is 4.90 Å². The van der Waals surface area contributed by atoms with Crippen molar-refractivity contribution in [1.82, 2.24) is 4.98 Å². The molecule has 1 aromatic heterocycles. The first kappa shape index (κ1) is 16.8. The lowest BCUT2D eigenvalue weighted by atomic mass is 9.92. The molecule has 0 aliphatic carbocycles. The molecule has 8 nitrogen and oxygen atoms in total. The van der Waals surface area contributed by atoms with Gasteiger partial charge in [0.05, 0.1) is 10.6 Å². The molecule has 1 N–H and O–H groups in total. The molecule has 26 heavy (non-hydrogen) atoms. The van der Waals surface area contributed by atoms with Crippen LogP contribution in [0.15, 0.2) is 28.9 Å². The van der Waals surface area contributed by atoms with Crippen LogP contribution in [0, 0.1) is 10.1 Å². The van der Waals surface area contributed by atoms with E-state index in [0.29, 0.717) is 23.3 Å². The van der Waals surface area contributed by atoms with Gasteiger partial charge in [0, 0.05) is 23.9 Å². The van der Waals surface area contributed by atoms with Crippen LogP contribution in [0.4, 0.5) is 27.7 Å². The zero-order valence-corrected chi connectivity index (χ0v) is 15.7. The maximum absolute atomic E-state index is 12.2. The van der Waals surface area contributed by atoms with Gasteiger partial charge in [-0.2, -0.15) is 0 Å². The van der Waals surface area contributed by atoms with Crippen molar-refractivity contribution < 1.29 is 14.5 Å². The van der Waals surface area contributed by atoms with Gasteiger partial charge in [-0.05, 0) is 60.0 Å². The number of nitrogens with zero attached hydrogens (tertiary/aromatic N) is 3. The maximum atomic E-state index is 12.2. The molecule has 0 fully saturated rings. The predicted molar refractivity (Wildman–Crippen MR) is 98.9 cm³/mol. The fourth-order valence-electron chi connectivity index (χ4n) is 3.39. The van der Waals surface area contributed by atoms with Gasteiger partial charge in [-0.25, -0.2) is 9.78 Å². The number of ether oxygens (including phenoxy) is 1. The topological polar surface area (TPSA) is 97.6 Å². The number of hydrogen-bond donors (Lipinski definition) is 1. The Hall–Kier alpha value is -2.68. The van der Waals surface area contributed by atoms with Crippen molar-refractivity contribution in [3.8, 4) is 0 Å². The Morgan fingerprint density at radius 3 is 2.88 bits per heavy atom. The highest BCUT2D eigenvalue weighted by molar-refractivity contribution is 9.10. The summed E-state index contributed by atoms with van der Waals surface area (Å²) in [4.78, 5) is 28.8. The highest BCUT2D eigenvalue weighted by Gasteiger charge is 2.42. The molecule has 0 bridgehead atoms. The van der Waals surface area contributed by atoms with Gasteiger partial charge in [-0.1, -0.05) is 0 Å². The summed E-state index contributed by atoms with van der Waals surface area (Å²) in [6.45, 7) is 4.23. The minimum Gasteiger partial charge on any atom is -0.438 e. The number of cyclic esters (lactones) is 1. The molecule has 3 heterocycles. The summed E-state index contributed by atoms with van der Waals surface area (Å²) in [5, 5.41) is 14.3. The van der Waals surface area contributed by atoms with Crippen molar-refractivity contribution >= 4 is 44.9 Å². The third-order valence-electron chi connectivity index (χ3n) is 4.57. The van der Waals surface area contributed by atoms with Crippen LogP contribution in [0.1, 0.15) is 25.0 Å². The van der Waals surface area contributed by atoms with E-state index >= 15 is 0 Å². The summed E-state index contributed by atoms with van der Waals surface area (Å²) < 4.78 is 6.05. The highest BCUT2D eigenvalue weighted by atomic mass is 79.9. The Labute approximate surface area is 157 Å². The lowest BCUT2D eigenvalue weighted by molar-refractivity contribution is -0.384. The van der Waals surface area contributed by atoms with Crippen molar-refractivity contribution in [2.45, 2.75) is 25.9 Å². The number of rotatable bonds is 3. The Kier molecular flexibility index (Phi) is 3.65. The van der Waals surface area contributed by atoms with E-state index in [0.717, 1.165) is 16.8 Å². The maximum Gasteiger partial charge on any atom is 0.415 e. The highest BCUT2D eigenvalue weighted by Crippen LogP contribution is 2.46. The number of benzene rings is 1. The summed E-state index contributed by atoms with van der Waals surface area (Å²) in [5.74, 6) is 0.150. The minimum absolute atomic E-state index is 0.116. The van der Waals surface area contributed by atoms with E-state index in [1.165, 1.54) is 12.1 Å². The van der Waals surface area contributed by atoms with Crippen LogP contribution >= 0.6 is 15.9 Å². The third-order valence-corrected chi connectivity index (χ3v) is 5.02. The Morgan fingerprint density at radius 1 is 1.38 bits per heavy atom. The molecule has 0 saturated heterocycles. The van der Waals surface area contributed by atoms with Gasteiger partial charge in [0.2, 0.25) is 5.82 Å². The number of amides is 1. The second-order valence-electron chi connectivity index (χ2n) is 6.70. The second-order valence-corrected chi connectivity index (χ2v) is 7.51. The third kappa shape index (κ3) is 2.59. The van der Waals surface area contributed by atoms with Gasteiger partial charge >= 0.3 is 11.8 Å². The normalized spacial score (nSPS) is 16.9. The number of nitro groups is 1. The Morgan fingerprint density at radius 2 is 2.15 bits per heavy atom. The summed E-state index contributed by atoms with van der Waals surface area (Å²) in [6, 6.07) is 6.68. The van der Waals surface area contributed by atoms with Crippen molar-refractivity contribution in [3.63, 3.8) is 0 Å². The van der Waals surface area contributed by atoms with Gasteiger partial charge < -0.3 is 10.1 Å². The number of aromatic nitrogens is 1. The molecule has 2 aliphatic rings. The molecule has 1 aromatic carbocycles. The number of carbonyl (C=O) groups excluding carboxylic acids is 1. The number of anilines is 3. The van der Waals surface area contributed by atoms with Crippen LogP contribution in [0.25, 0.3) is 0 Å². The lowest BCUT2D eigenvalue weighted by Crippen LogP contribution is -2.41. The molecule has 0 radical (unpaired) electrons. The molecule has 1 amide bonds. The van der Waals surface area contributed by atoms with Crippen molar-refractivity contribution in [2.24, 2.45) is 0 Å². The largest absolute Gasteiger partial charge is 0.438 e. The summed E-state index contributed by atoms with van der Waals surface area (Å²) >= 11 is 3.24. The standard InChI is InChI=1S/C17H15BrN4O4/c1-17(2)11-8-10(7-9-5-6-21(14(9)11)16(23)26-17)19-15-12(22(24)25)3-4-13(18)20-15/h3-4,7-8H,5-6H2,1-2H3,(H,19,20). The quantitative estimate of drug-likeness (QED) is 0.454. The predicted octanol–water partition coefficient (Wildman–Crippen LogP) is 4.24. The molecule has 0 spiro atoms.